The number of quaternary nitrogens is 1. The number of piperazine rings is 1. The molecule has 1 heterocycles. The van der Waals surface area contributed by atoms with Crippen molar-refractivity contribution in [3.63, 3.8) is 0 Å². The van der Waals surface area contributed by atoms with E-state index >= 15 is 0 Å². The number of carbonyl (C=O) groups excluding carboxylic acids is 1. The number of sulfonamides is 1. The van der Waals surface area contributed by atoms with Crippen LogP contribution in [-0.2, 0) is 20.2 Å². The third-order valence-corrected chi connectivity index (χ3v) is 8.42. The molecule has 2 N–H and O–H groups in total. The summed E-state index contributed by atoms with van der Waals surface area (Å²) in [7, 11) is -3.54. The van der Waals surface area contributed by atoms with Crippen molar-refractivity contribution in [3.05, 3.63) is 28.8 Å². The molecule has 6 nitrogen and oxygen atoms in total. The Morgan fingerprint density at radius 2 is 1.66 bits per heavy atom. The van der Waals surface area contributed by atoms with Crippen LogP contribution < -0.4 is 10.2 Å². The maximum absolute atomic E-state index is 13.4. The van der Waals surface area contributed by atoms with Crippen LogP contribution in [0.5, 0.6) is 0 Å². The quantitative estimate of drug-likeness (QED) is 0.748. The molecule has 29 heavy (non-hydrogen) atoms. The lowest BCUT2D eigenvalue weighted by molar-refractivity contribution is -0.917. The lowest BCUT2D eigenvalue weighted by atomic mass is 9.85. The molecule has 1 aromatic carbocycles. The van der Waals surface area contributed by atoms with Crippen LogP contribution in [0.25, 0.3) is 0 Å². The van der Waals surface area contributed by atoms with Crippen molar-refractivity contribution in [2.24, 2.45) is 0 Å². The molecular weight excluding hydrogens is 386 g/mol. The van der Waals surface area contributed by atoms with Crippen molar-refractivity contribution in [1.82, 2.24) is 9.62 Å². The molecule has 1 aromatic rings. The van der Waals surface area contributed by atoms with Crippen molar-refractivity contribution in [2.45, 2.75) is 76.8 Å². The SMILES string of the molecule is Cc1cc(C(C)(C)C)cc(C)c1S(=O)(=O)N1CC[NH+]([C@@H](C)C(=O)NC2CC2)CC1. The average molecular weight is 423 g/mol. The third kappa shape index (κ3) is 4.84. The zero-order valence-electron chi connectivity index (χ0n) is 18.6. The van der Waals surface area contributed by atoms with Crippen molar-refractivity contribution in [1.29, 1.82) is 0 Å². The molecule has 1 saturated heterocycles. The molecule has 0 aromatic heterocycles. The summed E-state index contributed by atoms with van der Waals surface area (Å²) in [5, 5.41) is 3.06. The maximum Gasteiger partial charge on any atom is 0.278 e. The van der Waals surface area contributed by atoms with E-state index < -0.39 is 10.0 Å². The van der Waals surface area contributed by atoms with Gasteiger partial charge in [-0.1, -0.05) is 32.9 Å². The van der Waals surface area contributed by atoms with Gasteiger partial charge in [-0.25, -0.2) is 8.42 Å². The van der Waals surface area contributed by atoms with Crippen LogP contribution in [0.1, 0.15) is 57.2 Å². The summed E-state index contributed by atoms with van der Waals surface area (Å²) < 4.78 is 28.4. The Morgan fingerprint density at radius 1 is 1.14 bits per heavy atom. The van der Waals surface area contributed by atoms with Gasteiger partial charge in [-0.2, -0.15) is 4.31 Å². The van der Waals surface area contributed by atoms with Crippen molar-refractivity contribution < 1.29 is 18.1 Å². The minimum Gasteiger partial charge on any atom is -0.348 e. The minimum absolute atomic E-state index is 0.0238. The van der Waals surface area contributed by atoms with E-state index in [0.717, 1.165) is 34.4 Å². The summed E-state index contributed by atoms with van der Waals surface area (Å²) >= 11 is 0. The van der Waals surface area contributed by atoms with Gasteiger partial charge in [0, 0.05) is 6.04 Å². The fourth-order valence-corrected chi connectivity index (χ4v) is 5.96. The summed E-state index contributed by atoms with van der Waals surface area (Å²) in [5.74, 6) is 0.0864. The van der Waals surface area contributed by atoms with Crippen LogP contribution in [0.4, 0.5) is 0 Å². The van der Waals surface area contributed by atoms with E-state index in [4.69, 9.17) is 0 Å². The predicted molar refractivity (Wildman–Crippen MR) is 115 cm³/mol. The number of nitrogens with one attached hydrogen (secondary N) is 2. The number of benzene rings is 1. The van der Waals surface area contributed by atoms with E-state index in [1.54, 1.807) is 4.31 Å². The number of carbonyl (C=O) groups is 1. The zero-order valence-corrected chi connectivity index (χ0v) is 19.4. The van der Waals surface area contributed by atoms with E-state index in [1.165, 1.54) is 0 Å². The first-order valence-electron chi connectivity index (χ1n) is 10.7. The van der Waals surface area contributed by atoms with Crippen LogP contribution >= 0.6 is 0 Å². The number of aryl methyl sites for hydroxylation is 2. The molecule has 2 aliphatic rings. The Kier molecular flexibility index (Phi) is 6.14. The Morgan fingerprint density at radius 3 is 2.10 bits per heavy atom. The normalized spacial score (nSPS) is 20.5. The predicted octanol–water partition coefficient (Wildman–Crippen LogP) is 1.16. The second kappa shape index (κ2) is 8.00. The monoisotopic (exact) mass is 422 g/mol. The summed E-state index contributed by atoms with van der Waals surface area (Å²) in [5.41, 5.74) is 2.74. The number of amides is 1. The lowest BCUT2D eigenvalue weighted by Gasteiger charge is -2.34. The smallest absolute Gasteiger partial charge is 0.278 e. The van der Waals surface area contributed by atoms with Crippen LogP contribution in [0, 0.1) is 13.8 Å². The maximum atomic E-state index is 13.4. The molecule has 1 aliphatic carbocycles. The molecule has 1 atom stereocenters. The second-order valence-electron chi connectivity index (χ2n) is 9.76. The highest BCUT2D eigenvalue weighted by Crippen LogP contribution is 2.30. The van der Waals surface area contributed by atoms with Crippen LogP contribution in [-0.4, -0.2) is 56.9 Å². The molecule has 162 valence electrons. The topological polar surface area (TPSA) is 70.9 Å². The molecule has 7 heteroatoms. The Balaban J connectivity index is 1.72. The highest BCUT2D eigenvalue weighted by atomic mass is 32.2. The van der Waals surface area contributed by atoms with Crippen molar-refractivity contribution in [3.8, 4) is 0 Å². The highest BCUT2D eigenvalue weighted by Gasteiger charge is 2.37. The summed E-state index contributed by atoms with van der Waals surface area (Å²) in [6, 6.07) is 4.22. The largest absolute Gasteiger partial charge is 0.348 e. The van der Waals surface area contributed by atoms with Gasteiger partial charge >= 0.3 is 0 Å². The zero-order chi connectivity index (χ0) is 21.6. The second-order valence-corrected chi connectivity index (χ2v) is 11.6. The van der Waals surface area contributed by atoms with Gasteiger partial charge in [-0.05, 0) is 55.7 Å². The molecular formula is C22H36N3O3S+. The first-order chi connectivity index (χ1) is 13.4. The van der Waals surface area contributed by atoms with Gasteiger partial charge in [0.1, 0.15) is 0 Å². The summed E-state index contributed by atoms with van der Waals surface area (Å²) in [6.45, 7) is 14.3. The number of rotatable bonds is 5. The van der Waals surface area contributed by atoms with E-state index in [9.17, 15) is 13.2 Å². The van der Waals surface area contributed by atoms with E-state index in [0.29, 0.717) is 37.1 Å². The molecule has 0 unspecified atom stereocenters. The van der Waals surface area contributed by atoms with Gasteiger partial charge in [-0.15, -0.1) is 0 Å². The van der Waals surface area contributed by atoms with E-state index in [1.807, 2.05) is 32.9 Å². The number of hydrogen-bond acceptors (Lipinski definition) is 3. The van der Waals surface area contributed by atoms with Crippen molar-refractivity contribution >= 4 is 15.9 Å². The fraction of sp³-hybridized carbons (Fsp3) is 0.682. The molecule has 3 rings (SSSR count). The van der Waals surface area contributed by atoms with Gasteiger partial charge in [0.05, 0.1) is 31.1 Å². The molecule has 0 radical (unpaired) electrons. The third-order valence-electron chi connectivity index (χ3n) is 6.22. The summed E-state index contributed by atoms with van der Waals surface area (Å²) in [6.07, 6.45) is 2.15. The first kappa shape index (κ1) is 22.2. The Hall–Kier alpha value is -1.44. The molecule has 0 bridgehead atoms. The van der Waals surface area contributed by atoms with Gasteiger partial charge < -0.3 is 10.2 Å². The minimum atomic E-state index is -3.54. The van der Waals surface area contributed by atoms with E-state index in [2.05, 4.69) is 26.1 Å². The Bertz CT molecular complexity index is 854. The molecule has 0 spiro atoms. The first-order valence-corrected chi connectivity index (χ1v) is 12.1. The standard InChI is InChI=1S/C22H35N3O3S/c1-15-13-18(22(4,5)6)14-16(2)20(15)29(27,28)25-11-9-24(10-12-25)17(3)21(26)23-19-7-8-19/h13-14,17,19H,7-12H2,1-6H3,(H,23,26)/p+1/t17-/m0/s1. The lowest BCUT2D eigenvalue weighted by Crippen LogP contribution is -3.19. The van der Waals surface area contributed by atoms with Crippen LogP contribution in [0.3, 0.4) is 0 Å². The molecule has 1 amide bonds. The van der Waals surface area contributed by atoms with Gasteiger partial charge in [0.2, 0.25) is 10.0 Å². The van der Waals surface area contributed by atoms with Crippen LogP contribution in [0.2, 0.25) is 0 Å². The molecule has 1 saturated carbocycles. The summed E-state index contributed by atoms with van der Waals surface area (Å²) in [4.78, 5) is 13.9. The molecule has 2 fully saturated rings. The van der Waals surface area contributed by atoms with Gasteiger partial charge in [0.25, 0.3) is 5.91 Å². The fourth-order valence-electron chi connectivity index (χ4n) is 4.11. The van der Waals surface area contributed by atoms with Crippen LogP contribution in [0.15, 0.2) is 17.0 Å². The van der Waals surface area contributed by atoms with Gasteiger partial charge in [0.15, 0.2) is 6.04 Å². The Labute approximate surface area is 175 Å². The highest BCUT2D eigenvalue weighted by molar-refractivity contribution is 7.89. The molecule has 1 aliphatic heterocycles. The number of nitrogens with zero attached hydrogens (tertiary/aromatic N) is 1. The van der Waals surface area contributed by atoms with Crippen molar-refractivity contribution in [2.75, 3.05) is 26.2 Å². The van der Waals surface area contributed by atoms with E-state index in [-0.39, 0.29) is 17.4 Å². The number of hydrogen-bond donors (Lipinski definition) is 2. The average Bonchev–Trinajstić information content (AvgIpc) is 3.43. The van der Waals surface area contributed by atoms with Gasteiger partial charge in [-0.3, -0.25) is 4.79 Å².